The number of phenolic OH excluding ortho intramolecular Hbond substituents is 1. The lowest BCUT2D eigenvalue weighted by molar-refractivity contribution is 0.475. The van der Waals surface area contributed by atoms with Crippen molar-refractivity contribution in [2.75, 3.05) is 9.80 Å². The third-order valence-electron chi connectivity index (χ3n) is 11.7. The minimum atomic E-state index is 0.256. The van der Waals surface area contributed by atoms with E-state index in [9.17, 15) is 5.11 Å². The molecule has 1 atom stereocenters. The number of nitrogens with zero attached hydrogens (tertiary/aromatic N) is 2. The van der Waals surface area contributed by atoms with Crippen molar-refractivity contribution < 1.29 is 9.52 Å². The van der Waals surface area contributed by atoms with Crippen LogP contribution in [0.3, 0.4) is 0 Å². The van der Waals surface area contributed by atoms with Crippen LogP contribution >= 0.6 is 0 Å². The molecule has 1 N–H and O–H groups in total. The molecule has 2 bridgehead atoms. The number of anilines is 3. The Balaban J connectivity index is 1.20. The lowest BCUT2D eigenvalue weighted by atomic mass is 9.88. The predicted molar refractivity (Wildman–Crippen MR) is 244 cm³/mol. The summed E-state index contributed by atoms with van der Waals surface area (Å²) < 4.78 is 6.92. The summed E-state index contributed by atoms with van der Waals surface area (Å²) in [5.41, 5.74) is 19.3. The minimum absolute atomic E-state index is 0.256. The van der Waals surface area contributed by atoms with E-state index in [0.29, 0.717) is 12.5 Å². The van der Waals surface area contributed by atoms with Crippen LogP contribution in [0.2, 0.25) is 0 Å². The predicted octanol–water partition coefficient (Wildman–Crippen LogP) is 14.0. The number of para-hydroxylation sites is 3. The van der Waals surface area contributed by atoms with Crippen molar-refractivity contribution in [1.82, 2.24) is 0 Å². The van der Waals surface area contributed by atoms with Crippen molar-refractivity contribution in [3.05, 3.63) is 206 Å². The van der Waals surface area contributed by atoms with Gasteiger partial charge in [-0.05, 0) is 129 Å². The molecule has 5 aromatic carbocycles. The van der Waals surface area contributed by atoms with Gasteiger partial charge in [0.05, 0.1) is 17.1 Å². The second-order valence-electron chi connectivity index (χ2n) is 16.3. The van der Waals surface area contributed by atoms with Gasteiger partial charge in [0.1, 0.15) is 11.3 Å². The third-order valence-corrected chi connectivity index (χ3v) is 11.7. The molecule has 0 aliphatic heterocycles. The Bertz CT molecular complexity index is 2760. The van der Waals surface area contributed by atoms with E-state index < -0.39 is 0 Å². The molecule has 0 saturated carbocycles. The molecule has 1 heterocycles. The van der Waals surface area contributed by atoms with Crippen molar-refractivity contribution in [3.63, 3.8) is 0 Å². The standard InChI is InChI=1S/C54H50N2O2/c1-34-27-35(2)30-40(29-34)33-55(49-17-10-11-18-51(49)57)48-26-23-41-20-21-42-22-24-44(41)45(48)14-8-7-9-16-47(42)56(43-31-36(3)28-37(4)32-43)50-25-19-38(5)52-46-15-12-13-39(6)53(46)58-54(50)52/h7-18,20-23,25-32,38,57H,19,24,33H2,1-6H3/t38-/m1/s1. The molecule has 0 radical (unpaired) electrons. The van der Waals surface area contributed by atoms with Crippen LogP contribution in [0.15, 0.2) is 149 Å². The summed E-state index contributed by atoms with van der Waals surface area (Å²) in [5, 5.41) is 12.5. The van der Waals surface area contributed by atoms with Crippen molar-refractivity contribution in [3.8, 4) is 5.75 Å². The molecule has 3 aliphatic rings. The van der Waals surface area contributed by atoms with Gasteiger partial charge in [0.15, 0.2) is 5.76 Å². The fourth-order valence-corrected chi connectivity index (χ4v) is 9.26. The molecule has 0 unspecified atom stereocenters. The molecule has 58 heavy (non-hydrogen) atoms. The van der Waals surface area contributed by atoms with Crippen LogP contribution in [0, 0.1) is 34.6 Å². The number of benzene rings is 5. The maximum absolute atomic E-state index is 11.3. The Morgan fingerprint density at radius 3 is 2.24 bits per heavy atom. The molecular formula is C54H50N2O2. The quantitative estimate of drug-likeness (QED) is 0.176. The Morgan fingerprint density at radius 2 is 1.47 bits per heavy atom. The van der Waals surface area contributed by atoms with E-state index in [1.54, 1.807) is 6.07 Å². The first-order valence-corrected chi connectivity index (χ1v) is 20.5. The number of rotatable bonds is 7. The highest BCUT2D eigenvalue weighted by Crippen LogP contribution is 2.47. The SMILES string of the molecule is Cc1cc(C)cc(CN(c2ccccc2O)c2ccc3c4c2C=CC=CC=C(N(C2=CC[C@@H](C)c5c2oc2c(C)cccc52)c2cc(C)cc(C)c2)C(=CC4)C=C3)c1. The minimum Gasteiger partial charge on any atom is -0.506 e. The van der Waals surface area contributed by atoms with Gasteiger partial charge in [-0.2, -0.15) is 0 Å². The third kappa shape index (κ3) is 6.83. The Kier molecular flexibility index (Phi) is 9.65. The zero-order valence-corrected chi connectivity index (χ0v) is 34.3. The van der Waals surface area contributed by atoms with Crippen LogP contribution in [0.4, 0.5) is 17.1 Å². The number of aromatic hydroxyl groups is 1. The Hall–Kier alpha value is -6.52. The highest BCUT2D eigenvalue weighted by atomic mass is 16.3. The molecule has 6 aromatic rings. The van der Waals surface area contributed by atoms with Gasteiger partial charge in [-0.25, -0.2) is 0 Å². The maximum Gasteiger partial charge on any atom is 0.155 e. The molecule has 0 spiro atoms. The molecule has 3 aliphatic carbocycles. The van der Waals surface area contributed by atoms with E-state index in [4.69, 9.17) is 4.42 Å². The number of phenols is 1. The number of hydrogen-bond donors (Lipinski definition) is 1. The van der Waals surface area contributed by atoms with Gasteiger partial charge in [0.25, 0.3) is 0 Å². The molecule has 0 amide bonds. The van der Waals surface area contributed by atoms with Crippen LogP contribution in [-0.2, 0) is 13.0 Å². The lowest BCUT2D eigenvalue weighted by Crippen LogP contribution is -2.24. The van der Waals surface area contributed by atoms with Crippen LogP contribution in [0.5, 0.6) is 5.75 Å². The summed E-state index contributed by atoms with van der Waals surface area (Å²) in [5.74, 6) is 1.54. The van der Waals surface area contributed by atoms with E-state index in [2.05, 4.69) is 173 Å². The number of fused-ring (bicyclic) bond motifs is 4. The molecule has 4 nitrogen and oxygen atoms in total. The van der Waals surface area contributed by atoms with Gasteiger partial charge in [0.2, 0.25) is 0 Å². The van der Waals surface area contributed by atoms with E-state index in [0.717, 1.165) is 69.3 Å². The first kappa shape index (κ1) is 37.1. The molecule has 0 fully saturated rings. The number of furan rings is 1. The molecule has 1 aromatic heterocycles. The van der Waals surface area contributed by atoms with Gasteiger partial charge >= 0.3 is 0 Å². The summed E-state index contributed by atoms with van der Waals surface area (Å²) in [6.07, 6.45) is 21.9. The van der Waals surface area contributed by atoms with Gasteiger partial charge in [0, 0.05) is 34.4 Å². The topological polar surface area (TPSA) is 39.9 Å². The van der Waals surface area contributed by atoms with Crippen LogP contribution in [0.25, 0.3) is 28.8 Å². The number of hydrogen-bond acceptors (Lipinski definition) is 4. The number of allylic oxidation sites excluding steroid dienone is 7. The average Bonchev–Trinajstić information content (AvgIpc) is 3.44. The molecule has 4 heteroatoms. The van der Waals surface area contributed by atoms with E-state index in [1.165, 1.54) is 49.9 Å². The number of aryl methyl sites for hydroxylation is 5. The smallest absolute Gasteiger partial charge is 0.155 e. The van der Waals surface area contributed by atoms with Crippen molar-refractivity contribution in [2.24, 2.45) is 0 Å². The first-order valence-electron chi connectivity index (χ1n) is 20.5. The Labute approximate surface area is 342 Å². The van der Waals surface area contributed by atoms with Gasteiger partial charge in [-0.15, -0.1) is 0 Å². The van der Waals surface area contributed by atoms with Gasteiger partial charge < -0.3 is 19.3 Å². The lowest BCUT2D eigenvalue weighted by Gasteiger charge is -2.33. The van der Waals surface area contributed by atoms with Gasteiger partial charge in [-0.3, -0.25) is 0 Å². The zero-order valence-electron chi connectivity index (χ0n) is 34.3. The fraction of sp³-hybridized carbons (Fsp3) is 0.185. The zero-order chi connectivity index (χ0) is 40.1. The first-order chi connectivity index (χ1) is 28.1. The maximum atomic E-state index is 11.3. The van der Waals surface area contributed by atoms with E-state index in [1.807, 2.05) is 18.2 Å². The van der Waals surface area contributed by atoms with Crippen molar-refractivity contribution in [1.29, 1.82) is 0 Å². The van der Waals surface area contributed by atoms with E-state index >= 15 is 0 Å². The summed E-state index contributed by atoms with van der Waals surface area (Å²) in [7, 11) is 0. The van der Waals surface area contributed by atoms with Gasteiger partial charge in [-0.1, -0.05) is 127 Å². The summed E-state index contributed by atoms with van der Waals surface area (Å²) >= 11 is 0. The van der Waals surface area contributed by atoms with Crippen LogP contribution < -0.4 is 9.80 Å². The highest BCUT2D eigenvalue weighted by Gasteiger charge is 2.32. The second kappa shape index (κ2) is 15.1. The molecular weight excluding hydrogens is 709 g/mol. The summed E-state index contributed by atoms with van der Waals surface area (Å²) in [6.45, 7) is 13.7. The summed E-state index contributed by atoms with van der Waals surface area (Å²) in [6, 6.07) is 32.2. The Morgan fingerprint density at radius 1 is 0.707 bits per heavy atom. The molecule has 0 saturated heterocycles. The fourth-order valence-electron chi connectivity index (χ4n) is 9.26. The normalized spacial score (nSPS) is 15.7. The van der Waals surface area contributed by atoms with Crippen molar-refractivity contribution >= 4 is 45.9 Å². The van der Waals surface area contributed by atoms with Crippen LogP contribution in [-0.4, -0.2) is 5.11 Å². The highest BCUT2D eigenvalue weighted by molar-refractivity contribution is 5.95. The van der Waals surface area contributed by atoms with Crippen LogP contribution in [0.1, 0.15) is 80.7 Å². The largest absolute Gasteiger partial charge is 0.506 e. The van der Waals surface area contributed by atoms with E-state index in [-0.39, 0.29) is 5.75 Å². The monoisotopic (exact) mass is 758 g/mol. The summed E-state index contributed by atoms with van der Waals surface area (Å²) in [4.78, 5) is 4.69. The van der Waals surface area contributed by atoms with Crippen molar-refractivity contribution in [2.45, 2.75) is 66.8 Å². The molecule has 288 valence electrons. The second-order valence-corrected chi connectivity index (χ2v) is 16.3. The molecule has 9 rings (SSSR count). The average molecular weight is 759 g/mol.